The van der Waals surface area contributed by atoms with Crippen molar-refractivity contribution in [1.82, 2.24) is 14.9 Å². The number of hydrogen-bond acceptors (Lipinski definition) is 3. The van der Waals surface area contributed by atoms with Crippen molar-refractivity contribution in [2.24, 2.45) is 0 Å². The minimum atomic E-state index is -0.184. The van der Waals surface area contributed by atoms with Gasteiger partial charge in [0, 0.05) is 31.0 Å². The van der Waals surface area contributed by atoms with E-state index in [0.717, 1.165) is 12.1 Å². The van der Waals surface area contributed by atoms with Crippen molar-refractivity contribution in [3.63, 3.8) is 0 Å². The zero-order valence-corrected chi connectivity index (χ0v) is 9.87. The molecule has 1 heterocycles. The summed E-state index contributed by atoms with van der Waals surface area (Å²) in [5.74, 6) is 0. The molecule has 1 aromatic heterocycles. The molecular formula is C11H19N3O. The summed E-state index contributed by atoms with van der Waals surface area (Å²) < 4.78 is 1.63. The second-order valence-corrected chi connectivity index (χ2v) is 4.78. The van der Waals surface area contributed by atoms with Crippen LogP contribution in [-0.2, 0) is 6.54 Å². The van der Waals surface area contributed by atoms with Crippen LogP contribution in [0, 0.1) is 6.92 Å². The highest BCUT2D eigenvalue weighted by Crippen LogP contribution is 1.97. The highest BCUT2D eigenvalue weighted by atomic mass is 16.1. The quantitative estimate of drug-likeness (QED) is 0.806. The molecule has 1 aromatic rings. The lowest BCUT2D eigenvalue weighted by Crippen LogP contribution is -2.39. The standard InChI is InChI=1S/C11H19N3O/c1-9-7-12-10(15)14(8-9)6-5-13-11(2,3)4/h7-8,13H,5-6H2,1-4H3. The molecule has 0 fully saturated rings. The molecule has 4 nitrogen and oxygen atoms in total. The lowest BCUT2D eigenvalue weighted by Gasteiger charge is -2.20. The summed E-state index contributed by atoms with van der Waals surface area (Å²) in [6.45, 7) is 9.66. The molecule has 0 aromatic carbocycles. The van der Waals surface area contributed by atoms with Crippen LogP contribution in [0.5, 0.6) is 0 Å². The first-order chi connectivity index (χ1) is 6.88. The van der Waals surface area contributed by atoms with Crippen LogP contribution in [0.4, 0.5) is 0 Å². The van der Waals surface area contributed by atoms with Crippen LogP contribution in [0.25, 0.3) is 0 Å². The van der Waals surface area contributed by atoms with Crippen molar-refractivity contribution in [3.8, 4) is 0 Å². The fourth-order valence-corrected chi connectivity index (χ4v) is 1.28. The normalized spacial score (nSPS) is 11.7. The van der Waals surface area contributed by atoms with E-state index in [9.17, 15) is 4.79 Å². The van der Waals surface area contributed by atoms with E-state index in [-0.39, 0.29) is 11.2 Å². The summed E-state index contributed by atoms with van der Waals surface area (Å²) >= 11 is 0. The van der Waals surface area contributed by atoms with E-state index in [0.29, 0.717) is 6.54 Å². The van der Waals surface area contributed by atoms with E-state index < -0.39 is 0 Å². The molecule has 0 unspecified atom stereocenters. The second kappa shape index (κ2) is 4.57. The third-order valence-corrected chi connectivity index (χ3v) is 1.99. The van der Waals surface area contributed by atoms with Gasteiger partial charge in [-0.15, -0.1) is 0 Å². The predicted octanol–water partition coefficient (Wildman–Crippen LogP) is 0.940. The molecule has 0 saturated carbocycles. The molecule has 15 heavy (non-hydrogen) atoms. The van der Waals surface area contributed by atoms with Gasteiger partial charge in [-0.05, 0) is 33.3 Å². The Hall–Kier alpha value is -1.16. The van der Waals surface area contributed by atoms with Gasteiger partial charge in [0.2, 0.25) is 0 Å². The molecule has 1 N–H and O–H groups in total. The van der Waals surface area contributed by atoms with Gasteiger partial charge >= 0.3 is 5.69 Å². The highest BCUT2D eigenvalue weighted by Gasteiger charge is 2.07. The van der Waals surface area contributed by atoms with Gasteiger partial charge in [-0.25, -0.2) is 9.78 Å². The summed E-state index contributed by atoms with van der Waals surface area (Å²) in [6.07, 6.45) is 3.43. The van der Waals surface area contributed by atoms with Crippen LogP contribution in [0.15, 0.2) is 17.2 Å². The molecule has 0 aliphatic carbocycles. The molecule has 0 aliphatic heterocycles. The van der Waals surface area contributed by atoms with Crippen molar-refractivity contribution >= 4 is 0 Å². The fourth-order valence-electron chi connectivity index (χ4n) is 1.28. The van der Waals surface area contributed by atoms with Crippen LogP contribution in [0.1, 0.15) is 26.3 Å². The predicted molar refractivity (Wildman–Crippen MR) is 61.0 cm³/mol. The van der Waals surface area contributed by atoms with Gasteiger partial charge in [0.15, 0.2) is 0 Å². The van der Waals surface area contributed by atoms with E-state index in [1.807, 2.05) is 13.1 Å². The summed E-state index contributed by atoms with van der Waals surface area (Å²) in [5.41, 5.74) is 0.905. The average molecular weight is 209 g/mol. The van der Waals surface area contributed by atoms with Gasteiger partial charge in [0.25, 0.3) is 0 Å². The van der Waals surface area contributed by atoms with Gasteiger partial charge in [0.1, 0.15) is 0 Å². The number of hydrogen-bond donors (Lipinski definition) is 1. The van der Waals surface area contributed by atoms with E-state index in [2.05, 4.69) is 31.1 Å². The van der Waals surface area contributed by atoms with Crippen LogP contribution in [-0.4, -0.2) is 21.6 Å². The molecular weight excluding hydrogens is 190 g/mol. The Morgan fingerprint density at radius 2 is 2.13 bits per heavy atom. The van der Waals surface area contributed by atoms with Gasteiger partial charge in [-0.2, -0.15) is 0 Å². The van der Waals surface area contributed by atoms with Gasteiger partial charge < -0.3 is 5.32 Å². The number of nitrogens with zero attached hydrogens (tertiary/aromatic N) is 2. The van der Waals surface area contributed by atoms with Crippen molar-refractivity contribution < 1.29 is 0 Å². The minimum absolute atomic E-state index is 0.0842. The Kier molecular flexibility index (Phi) is 3.63. The molecule has 0 bridgehead atoms. The lowest BCUT2D eigenvalue weighted by atomic mass is 10.1. The zero-order chi connectivity index (χ0) is 11.5. The molecule has 4 heteroatoms. The number of aromatic nitrogens is 2. The molecule has 0 radical (unpaired) electrons. The molecule has 0 saturated heterocycles. The summed E-state index contributed by atoms with van der Waals surface area (Å²) in [4.78, 5) is 15.1. The molecule has 0 spiro atoms. The first-order valence-corrected chi connectivity index (χ1v) is 5.16. The maximum absolute atomic E-state index is 11.4. The number of nitrogens with one attached hydrogen (secondary N) is 1. The van der Waals surface area contributed by atoms with Crippen LogP contribution >= 0.6 is 0 Å². The van der Waals surface area contributed by atoms with E-state index >= 15 is 0 Å². The maximum Gasteiger partial charge on any atom is 0.347 e. The third kappa shape index (κ3) is 4.25. The molecule has 0 aliphatic rings. The maximum atomic E-state index is 11.4. The number of aryl methyl sites for hydroxylation is 1. The van der Waals surface area contributed by atoms with E-state index in [4.69, 9.17) is 0 Å². The van der Waals surface area contributed by atoms with Crippen LogP contribution in [0.2, 0.25) is 0 Å². The van der Waals surface area contributed by atoms with E-state index in [1.54, 1.807) is 10.8 Å². The molecule has 1 rings (SSSR count). The van der Waals surface area contributed by atoms with Crippen molar-refractivity contribution in [2.75, 3.05) is 6.54 Å². The van der Waals surface area contributed by atoms with Crippen LogP contribution in [0.3, 0.4) is 0 Å². The SMILES string of the molecule is Cc1cnc(=O)n(CCNC(C)(C)C)c1. The Morgan fingerprint density at radius 1 is 1.47 bits per heavy atom. The van der Waals surface area contributed by atoms with Gasteiger partial charge in [0.05, 0.1) is 0 Å². The number of rotatable bonds is 3. The fraction of sp³-hybridized carbons (Fsp3) is 0.636. The van der Waals surface area contributed by atoms with E-state index in [1.165, 1.54) is 0 Å². The highest BCUT2D eigenvalue weighted by molar-refractivity contribution is 4.99. The van der Waals surface area contributed by atoms with Crippen LogP contribution < -0.4 is 11.0 Å². The second-order valence-electron chi connectivity index (χ2n) is 4.78. The molecule has 0 atom stereocenters. The molecule has 84 valence electrons. The minimum Gasteiger partial charge on any atom is -0.310 e. The van der Waals surface area contributed by atoms with Gasteiger partial charge in [-0.3, -0.25) is 4.57 Å². The van der Waals surface area contributed by atoms with Crippen molar-refractivity contribution in [3.05, 3.63) is 28.4 Å². The Labute approximate surface area is 90.3 Å². The zero-order valence-electron chi connectivity index (χ0n) is 9.87. The largest absolute Gasteiger partial charge is 0.347 e. The topological polar surface area (TPSA) is 46.9 Å². The Bertz CT molecular complexity index is 376. The monoisotopic (exact) mass is 209 g/mol. The first-order valence-electron chi connectivity index (χ1n) is 5.16. The molecule has 0 amide bonds. The average Bonchev–Trinajstić information content (AvgIpc) is 2.09. The Balaban J connectivity index is 2.58. The van der Waals surface area contributed by atoms with Gasteiger partial charge in [-0.1, -0.05) is 0 Å². The van der Waals surface area contributed by atoms with Crippen molar-refractivity contribution in [1.29, 1.82) is 0 Å². The Morgan fingerprint density at radius 3 is 2.73 bits per heavy atom. The first kappa shape index (κ1) is 11.9. The van der Waals surface area contributed by atoms with Crippen molar-refractivity contribution in [2.45, 2.75) is 39.8 Å². The summed E-state index contributed by atoms with van der Waals surface area (Å²) in [7, 11) is 0. The smallest absolute Gasteiger partial charge is 0.310 e. The summed E-state index contributed by atoms with van der Waals surface area (Å²) in [5, 5.41) is 3.33. The third-order valence-electron chi connectivity index (χ3n) is 1.99. The lowest BCUT2D eigenvalue weighted by molar-refractivity contribution is 0.409. The summed E-state index contributed by atoms with van der Waals surface area (Å²) in [6, 6.07) is 0.